The van der Waals surface area contributed by atoms with E-state index in [0.717, 1.165) is 30.1 Å². The predicted octanol–water partition coefficient (Wildman–Crippen LogP) is 3.13. The van der Waals surface area contributed by atoms with Gasteiger partial charge in [0.05, 0.1) is 30.5 Å². The number of hydrogen-bond acceptors (Lipinski definition) is 6. The summed E-state index contributed by atoms with van der Waals surface area (Å²) >= 11 is 0. The van der Waals surface area contributed by atoms with Gasteiger partial charge in [-0.25, -0.2) is 13.1 Å². The monoisotopic (exact) mass is 481 g/mol. The zero-order valence-electron chi connectivity index (χ0n) is 18.9. The van der Waals surface area contributed by atoms with Crippen LogP contribution in [-0.4, -0.2) is 52.5 Å². The predicted molar refractivity (Wildman–Crippen MR) is 130 cm³/mol. The summed E-state index contributed by atoms with van der Waals surface area (Å²) in [5.74, 6) is 1.28. The van der Waals surface area contributed by atoms with Gasteiger partial charge in [0.1, 0.15) is 11.5 Å². The number of benzene rings is 2. The number of rotatable bonds is 8. The maximum absolute atomic E-state index is 12.6. The van der Waals surface area contributed by atoms with Crippen LogP contribution >= 0.6 is 0 Å². The Morgan fingerprint density at radius 1 is 1.03 bits per heavy atom. The van der Waals surface area contributed by atoms with E-state index >= 15 is 0 Å². The lowest BCUT2D eigenvalue weighted by molar-refractivity contribution is -0.126. The summed E-state index contributed by atoms with van der Waals surface area (Å²) < 4.78 is 38.0. The second-order valence-electron chi connectivity index (χ2n) is 7.79. The Kier molecular flexibility index (Phi) is 7.34. The van der Waals surface area contributed by atoms with Crippen LogP contribution in [0.15, 0.2) is 82.3 Å². The Labute approximate surface area is 199 Å². The van der Waals surface area contributed by atoms with Gasteiger partial charge in [-0.15, -0.1) is 0 Å². The van der Waals surface area contributed by atoms with Crippen LogP contribution in [0.4, 0.5) is 5.69 Å². The van der Waals surface area contributed by atoms with Gasteiger partial charge in [-0.1, -0.05) is 24.3 Å². The molecule has 0 unspecified atom stereocenters. The average molecular weight is 482 g/mol. The molecule has 1 aliphatic rings. The van der Waals surface area contributed by atoms with Crippen molar-refractivity contribution in [3.8, 4) is 5.75 Å². The molecule has 4 rings (SSSR count). The molecule has 1 saturated heterocycles. The first-order valence-corrected chi connectivity index (χ1v) is 12.4. The summed E-state index contributed by atoms with van der Waals surface area (Å²) in [6.45, 7) is 2.74. The molecule has 1 N–H and O–H groups in total. The second kappa shape index (κ2) is 10.6. The van der Waals surface area contributed by atoms with Crippen molar-refractivity contribution in [3.63, 3.8) is 0 Å². The number of ether oxygens (including phenoxy) is 1. The molecule has 8 nitrogen and oxygen atoms in total. The highest BCUT2D eigenvalue weighted by molar-refractivity contribution is 7.89. The van der Waals surface area contributed by atoms with Crippen LogP contribution in [0.2, 0.25) is 0 Å². The van der Waals surface area contributed by atoms with E-state index in [1.165, 1.54) is 24.5 Å². The Bertz CT molecular complexity index is 1230. The molecule has 0 radical (unpaired) electrons. The molecule has 1 amide bonds. The van der Waals surface area contributed by atoms with Crippen LogP contribution in [0.25, 0.3) is 6.08 Å². The molecule has 178 valence electrons. The van der Waals surface area contributed by atoms with Gasteiger partial charge in [0.15, 0.2) is 0 Å². The Morgan fingerprint density at radius 2 is 1.76 bits per heavy atom. The zero-order chi connectivity index (χ0) is 24.0. The lowest BCUT2D eigenvalue weighted by Crippen LogP contribution is -2.48. The van der Waals surface area contributed by atoms with Crippen LogP contribution < -0.4 is 14.4 Å². The highest BCUT2D eigenvalue weighted by Gasteiger charge is 2.21. The maximum Gasteiger partial charge on any atom is 0.246 e. The number of hydrogen-bond donors (Lipinski definition) is 1. The summed E-state index contributed by atoms with van der Waals surface area (Å²) in [6, 6.07) is 17.6. The van der Waals surface area contributed by atoms with Gasteiger partial charge in [0.2, 0.25) is 15.9 Å². The van der Waals surface area contributed by atoms with Gasteiger partial charge < -0.3 is 19.0 Å². The second-order valence-corrected chi connectivity index (χ2v) is 9.56. The number of carbonyl (C=O) groups is 1. The number of methoxy groups -OCH3 is 1. The number of para-hydroxylation sites is 2. The summed E-state index contributed by atoms with van der Waals surface area (Å²) in [5.41, 5.74) is 1.77. The molecule has 3 aromatic rings. The third-order valence-electron chi connectivity index (χ3n) is 5.64. The first kappa shape index (κ1) is 23.6. The fourth-order valence-electron chi connectivity index (χ4n) is 3.75. The average Bonchev–Trinajstić information content (AvgIpc) is 3.40. The van der Waals surface area contributed by atoms with E-state index < -0.39 is 10.0 Å². The maximum atomic E-state index is 12.6. The SMILES string of the molecule is COc1ccccc1N1CCN(C(=O)/C=C/c2ccc(S(=O)(=O)NCc3ccco3)cc2)CC1. The van der Waals surface area contributed by atoms with Gasteiger partial charge >= 0.3 is 0 Å². The summed E-state index contributed by atoms with van der Waals surface area (Å²) in [6.07, 6.45) is 4.71. The molecule has 1 fully saturated rings. The van der Waals surface area contributed by atoms with E-state index in [9.17, 15) is 13.2 Å². The Morgan fingerprint density at radius 3 is 2.44 bits per heavy atom. The van der Waals surface area contributed by atoms with Crippen LogP contribution in [0.5, 0.6) is 5.75 Å². The molecule has 1 aromatic heterocycles. The summed E-state index contributed by atoms with van der Waals surface area (Å²) in [7, 11) is -2.00. The molecule has 0 saturated carbocycles. The lowest BCUT2D eigenvalue weighted by Gasteiger charge is -2.36. The van der Waals surface area contributed by atoms with Crippen molar-refractivity contribution in [2.24, 2.45) is 0 Å². The molecular weight excluding hydrogens is 454 g/mol. The van der Waals surface area contributed by atoms with Crippen LogP contribution in [0.3, 0.4) is 0 Å². The molecule has 0 aliphatic carbocycles. The minimum absolute atomic E-state index is 0.0727. The minimum Gasteiger partial charge on any atom is -0.495 e. The first-order chi connectivity index (χ1) is 16.5. The van der Waals surface area contributed by atoms with Crippen molar-refractivity contribution in [1.82, 2.24) is 9.62 Å². The number of sulfonamides is 1. The number of piperazine rings is 1. The molecule has 1 aliphatic heterocycles. The van der Waals surface area contributed by atoms with Gasteiger partial charge in [0.25, 0.3) is 0 Å². The van der Waals surface area contributed by atoms with Crippen LogP contribution in [0.1, 0.15) is 11.3 Å². The van der Waals surface area contributed by atoms with Crippen molar-refractivity contribution in [2.45, 2.75) is 11.4 Å². The van der Waals surface area contributed by atoms with Crippen molar-refractivity contribution >= 4 is 27.7 Å². The van der Waals surface area contributed by atoms with Gasteiger partial charge in [-0.05, 0) is 48.0 Å². The quantitative estimate of drug-likeness (QED) is 0.497. The van der Waals surface area contributed by atoms with Crippen LogP contribution in [0, 0.1) is 0 Å². The van der Waals surface area contributed by atoms with E-state index in [1.807, 2.05) is 24.3 Å². The molecule has 9 heteroatoms. The number of amides is 1. The number of anilines is 1. The van der Waals surface area contributed by atoms with Crippen molar-refractivity contribution in [1.29, 1.82) is 0 Å². The first-order valence-electron chi connectivity index (χ1n) is 10.9. The number of furan rings is 1. The smallest absolute Gasteiger partial charge is 0.246 e. The topological polar surface area (TPSA) is 92.1 Å². The van der Waals surface area contributed by atoms with Crippen molar-refractivity contribution < 1.29 is 22.4 Å². The van der Waals surface area contributed by atoms with E-state index in [4.69, 9.17) is 9.15 Å². The van der Waals surface area contributed by atoms with Gasteiger partial charge in [-0.2, -0.15) is 0 Å². The van der Waals surface area contributed by atoms with E-state index in [1.54, 1.807) is 42.4 Å². The fraction of sp³-hybridized carbons (Fsp3) is 0.240. The third kappa shape index (κ3) is 5.67. The highest BCUT2D eigenvalue weighted by Crippen LogP contribution is 2.28. The normalized spacial score (nSPS) is 14.5. The van der Waals surface area contributed by atoms with E-state index in [2.05, 4.69) is 9.62 Å². The summed E-state index contributed by atoms with van der Waals surface area (Å²) in [4.78, 5) is 16.8. The number of nitrogens with one attached hydrogen (secondary N) is 1. The van der Waals surface area contributed by atoms with E-state index in [0.29, 0.717) is 18.8 Å². The molecule has 0 spiro atoms. The minimum atomic E-state index is -3.66. The number of carbonyl (C=O) groups excluding carboxylic acids is 1. The molecule has 0 bridgehead atoms. The lowest BCUT2D eigenvalue weighted by atomic mass is 10.2. The van der Waals surface area contributed by atoms with E-state index in [-0.39, 0.29) is 17.3 Å². The van der Waals surface area contributed by atoms with Crippen molar-refractivity contribution in [2.75, 3.05) is 38.2 Å². The number of nitrogens with zero attached hydrogens (tertiary/aromatic N) is 2. The third-order valence-corrected chi connectivity index (χ3v) is 7.06. The standard InChI is InChI=1S/C25H27N3O5S/c1-32-24-7-3-2-6-23(24)27-14-16-28(17-15-27)25(29)13-10-20-8-11-22(12-9-20)34(30,31)26-19-21-5-4-18-33-21/h2-13,18,26H,14-17,19H2,1H3/b13-10+. The van der Waals surface area contributed by atoms with Crippen molar-refractivity contribution in [3.05, 3.63) is 84.3 Å². The van der Waals surface area contributed by atoms with Crippen LogP contribution in [-0.2, 0) is 21.4 Å². The Hall–Kier alpha value is -3.56. The van der Waals surface area contributed by atoms with Gasteiger partial charge in [0, 0.05) is 32.3 Å². The molecule has 2 heterocycles. The Balaban J connectivity index is 1.31. The highest BCUT2D eigenvalue weighted by atomic mass is 32.2. The molecular formula is C25H27N3O5S. The fourth-order valence-corrected chi connectivity index (χ4v) is 4.75. The molecule has 2 aromatic carbocycles. The zero-order valence-corrected chi connectivity index (χ0v) is 19.7. The van der Waals surface area contributed by atoms with Gasteiger partial charge in [-0.3, -0.25) is 4.79 Å². The molecule has 0 atom stereocenters. The summed E-state index contributed by atoms with van der Waals surface area (Å²) in [5, 5.41) is 0. The molecule has 34 heavy (non-hydrogen) atoms. The largest absolute Gasteiger partial charge is 0.495 e.